The molecule has 0 N–H and O–H groups in total. The molecule has 0 saturated heterocycles. The molecule has 4 heavy (non-hydrogen) atoms. The van der Waals surface area contributed by atoms with Crippen LogP contribution >= 0.6 is 0 Å². The first kappa shape index (κ1) is 25.9. The Bertz CT molecular complexity index is 3.25. The Morgan fingerprint density at radius 2 is 1.00 bits per heavy atom. The number of hydrogen-bond donors (Lipinski definition) is 0. The summed E-state index contributed by atoms with van der Waals surface area (Å²) in [6.07, 6.45) is 0. The third-order valence-electron chi connectivity index (χ3n) is 0. The number of hydrogen-bond acceptors (Lipinski definition) is 0. The van der Waals surface area contributed by atoms with Crippen LogP contribution in [0.3, 0.4) is 0 Å². The van der Waals surface area contributed by atoms with Gasteiger partial charge in [-0.25, -0.2) is 0 Å². The van der Waals surface area contributed by atoms with E-state index in [1.807, 2.05) is 0 Å². The zero-order valence-electron chi connectivity index (χ0n) is 3.12. The van der Waals surface area contributed by atoms with Crippen LogP contribution in [0.5, 0.6) is 0 Å². The third-order valence-corrected chi connectivity index (χ3v) is 0. The maximum Gasteiger partial charge on any atom is -0.358 e. The van der Waals surface area contributed by atoms with Crippen LogP contribution in [0, 0.1) is 14.9 Å². The van der Waals surface area contributed by atoms with Gasteiger partial charge in [0.25, 0.3) is 0 Å². The largest absolute Gasteiger partial charge is 0.358 e. The summed E-state index contributed by atoms with van der Waals surface area (Å²) in [6.45, 7) is 0. The quantitative estimate of drug-likeness (QED) is 0.392. The average Bonchev–Trinajstić information content (AvgIpc) is 1.00. The molecule has 0 aromatic rings. The van der Waals surface area contributed by atoms with Crippen molar-refractivity contribution in [2.45, 2.75) is 0 Å². The molecule has 0 fully saturated rings. The summed E-state index contributed by atoms with van der Waals surface area (Å²) < 4.78 is 0. The zero-order chi connectivity index (χ0) is 2.00. The molecule has 0 heterocycles. The van der Waals surface area contributed by atoms with Crippen molar-refractivity contribution in [1.29, 1.82) is 0 Å². The van der Waals surface area contributed by atoms with E-state index >= 15 is 0 Å². The predicted molar refractivity (Wildman–Crippen MR) is 19.9 cm³/mol. The second-order valence-corrected chi connectivity index (χ2v) is 0. The van der Waals surface area contributed by atoms with Gasteiger partial charge in [0, 0.05) is 0 Å². The summed E-state index contributed by atoms with van der Waals surface area (Å²) >= 11 is 2.38. The van der Waals surface area contributed by atoms with Crippen molar-refractivity contribution in [3.63, 3.8) is 0 Å². The monoisotopic (exact) mass is 96.0 g/mol. The van der Waals surface area contributed by atoms with Gasteiger partial charge in [-0.2, -0.15) is 0 Å². The van der Waals surface area contributed by atoms with Crippen molar-refractivity contribution in [3.05, 3.63) is 14.9 Å². The van der Waals surface area contributed by atoms with Gasteiger partial charge in [0.2, 0.25) is 0 Å². The van der Waals surface area contributed by atoms with Crippen LogP contribution in [0.25, 0.3) is 0 Å². The summed E-state index contributed by atoms with van der Waals surface area (Å²) in [5, 5.41) is 3.12. The van der Waals surface area contributed by atoms with Gasteiger partial charge in [0.1, 0.15) is 0 Å². The molecule has 0 aliphatic carbocycles. The zero-order valence-corrected chi connectivity index (χ0v) is 4.39. The Kier molecular flexibility index (Phi) is 785. The summed E-state index contributed by atoms with van der Waals surface area (Å²) in [6, 6.07) is 0. The van der Waals surface area contributed by atoms with Crippen LogP contribution < -0.4 is 0 Å². The van der Waals surface area contributed by atoms with E-state index in [9.17, 15) is 0 Å². The van der Waals surface area contributed by atoms with Crippen molar-refractivity contribution in [1.82, 2.24) is 0 Å². The molecule has 0 saturated carbocycles. The molecule has 0 rings (SSSR count). The summed E-state index contributed by atoms with van der Waals surface area (Å²) in [5.74, 6) is 0. The fourth-order valence-corrected chi connectivity index (χ4v) is 0. The van der Waals surface area contributed by atoms with Gasteiger partial charge in [-0.15, -0.1) is 0 Å². The van der Waals surface area contributed by atoms with Gasteiger partial charge < -0.3 is 14.9 Å². The molecule has 0 aromatic heterocycles. The Morgan fingerprint density at radius 3 is 1.00 bits per heavy atom. The first-order valence-corrected chi connectivity index (χ1v) is 1.19. The van der Waals surface area contributed by atoms with Gasteiger partial charge in [0.05, 0.1) is 0 Å². The molecule has 0 nitrogen and oxygen atoms in total. The molecule has 0 aliphatic heterocycles. The van der Waals surface area contributed by atoms with Crippen molar-refractivity contribution >= 4 is 5.39 Å². The summed E-state index contributed by atoms with van der Waals surface area (Å²) in [4.78, 5) is 0. The number of rotatable bonds is 0. The summed E-state index contributed by atoms with van der Waals surface area (Å²) in [5.41, 5.74) is 0. The van der Waals surface area contributed by atoms with E-state index in [1.165, 1.54) is 0 Å². The molecule has 0 aromatic carbocycles. The maximum atomic E-state index is 3.12. The van der Waals surface area contributed by atoms with Crippen molar-refractivity contribution in [2.24, 2.45) is 0 Å². The Labute approximate surface area is 36.8 Å². The minimum atomic E-state index is 0. The molecule has 0 atom stereocenters. The van der Waals surface area contributed by atoms with E-state index in [1.54, 1.807) is 0 Å². The second kappa shape index (κ2) is 121. The minimum absolute atomic E-state index is 0. The first-order chi connectivity index (χ1) is 1.00. The van der Waals surface area contributed by atoms with Crippen LogP contribution in [0.4, 0.5) is 0 Å². The normalized spacial score (nSPS) is 1.00. The van der Waals surface area contributed by atoms with Gasteiger partial charge in [-0.3, -0.25) is 0 Å². The van der Waals surface area contributed by atoms with Gasteiger partial charge in [-0.05, 0) is 0 Å². The Morgan fingerprint density at radius 1 is 1.00 bits per heavy atom. The van der Waals surface area contributed by atoms with Crippen LogP contribution in [0.15, 0.2) is 0 Å². The predicted octanol–water partition coefficient (Wildman–Crippen LogP) is 0.866. The van der Waals surface area contributed by atoms with E-state index in [4.69, 9.17) is 0 Å². The van der Waals surface area contributed by atoms with E-state index < -0.39 is 0 Å². The molecule has 28 valence electrons. The van der Waals surface area contributed by atoms with Gasteiger partial charge >= 0.3 is 21.2 Å². The van der Waals surface area contributed by atoms with Crippen molar-refractivity contribution < 1.29 is 15.9 Å². The molecule has 1 heteroatoms. The Balaban J connectivity index is -0.00000000500. The molecule has 0 radical (unpaired) electrons. The average molecular weight is 96.1 g/mol. The van der Waals surface area contributed by atoms with E-state index in [2.05, 4.69) is 21.2 Å². The SMILES string of the molecule is [CH2]=[Cr].[CH3-].[CH3-]. The molecule has 0 amide bonds. The van der Waals surface area contributed by atoms with E-state index in [0.29, 0.717) is 0 Å². The van der Waals surface area contributed by atoms with Gasteiger partial charge in [0.15, 0.2) is 0 Å². The minimum Gasteiger partial charge on any atom is -0.358 e. The summed E-state index contributed by atoms with van der Waals surface area (Å²) in [7, 11) is 0. The van der Waals surface area contributed by atoms with E-state index in [-0.39, 0.29) is 14.9 Å². The van der Waals surface area contributed by atoms with E-state index in [0.717, 1.165) is 0 Å². The van der Waals surface area contributed by atoms with Crippen molar-refractivity contribution in [2.75, 3.05) is 0 Å². The molecule has 0 aliphatic rings. The van der Waals surface area contributed by atoms with Crippen molar-refractivity contribution in [3.8, 4) is 0 Å². The first-order valence-electron chi connectivity index (χ1n) is 0.289. The van der Waals surface area contributed by atoms with Crippen LogP contribution in [0.2, 0.25) is 0 Å². The standard InChI is InChI=1S/2CH3.CH2.Cr/h2*1H3;1H2;/q2*-1;;. The molecule has 0 spiro atoms. The second-order valence-electron chi connectivity index (χ2n) is 0. The fourth-order valence-electron chi connectivity index (χ4n) is 0. The van der Waals surface area contributed by atoms with Crippen LogP contribution in [-0.4, -0.2) is 5.39 Å². The maximum absolute atomic E-state index is 3.12. The van der Waals surface area contributed by atoms with Gasteiger partial charge in [-0.1, -0.05) is 0 Å². The van der Waals surface area contributed by atoms with Crippen LogP contribution in [-0.2, 0) is 15.9 Å². The molecular weight excluding hydrogens is 88.0 g/mol. The topological polar surface area (TPSA) is 0 Å². The Hall–Kier alpha value is 0.402. The molecular formula is C3H8Cr-2. The fraction of sp³-hybridized carbons (Fsp3) is 0. The third kappa shape index (κ3) is 29.2. The van der Waals surface area contributed by atoms with Crippen LogP contribution in [0.1, 0.15) is 0 Å². The molecule has 0 unspecified atom stereocenters. The smallest absolute Gasteiger partial charge is 0.358 e. The molecule has 0 bridgehead atoms.